The van der Waals surface area contributed by atoms with E-state index in [1.54, 1.807) is 0 Å². The summed E-state index contributed by atoms with van der Waals surface area (Å²) in [6.45, 7) is 2.06. The van der Waals surface area contributed by atoms with Crippen LogP contribution in [0.5, 0.6) is 0 Å². The molecule has 0 fully saturated rings. The van der Waals surface area contributed by atoms with Gasteiger partial charge in [-0.25, -0.2) is 0 Å². The predicted molar refractivity (Wildman–Crippen MR) is 63.5 cm³/mol. The van der Waals surface area contributed by atoms with Crippen molar-refractivity contribution in [2.75, 3.05) is 7.05 Å². The Hall–Kier alpha value is -1.33. The number of hydrogen-bond acceptors (Lipinski definition) is 2. The van der Waals surface area contributed by atoms with Gasteiger partial charge in [0.1, 0.15) is 0 Å². The molecule has 2 nitrogen and oxygen atoms in total. The van der Waals surface area contributed by atoms with Crippen molar-refractivity contribution in [3.8, 4) is 12.3 Å². The Morgan fingerprint density at radius 1 is 1.53 bits per heavy atom. The molecule has 0 aromatic carbocycles. The highest BCUT2D eigenvalue weighted by molar-refractivity contribution is 5.20. The van der Waals surface area contributed by atoms with Gasteiger partial charge in [-0.15, -0.1) is 12.3 Å². The number of aryl methyl sites for hydroxylation is 1. The van der Waals surface area contributed by atoms with E-state index < -0.39 is 0 Å². The first kappa shape index (κ1) is 11.7. The van der Waals surface area contributed by atoms with E-state index in [9.17, 15) is 0 Å². The van der Waals surface area contributed by atoms with Crippen LogP contribution in [0, 0.1) is 19.3 Å². The topological polar surface area (TPSA) is 24.9 Å². The van der Waals surface area contributed by atoms with E-state index in [-0.39, 0.29) is 0 Å². The number of aromatic nitrogens is 1. The largest absolute Gasteiger partial charge is 0.313 e. The predicted octanol–water partition coefficient (Wildman–Crippen LogP) is 2.45. The molecule has 0 radical (unpaired) electrons. The van der Waals surface area contributed by atoms with Gasteiger partial charge < -0.3 is 5.32 Å². The van der Waals surface area contributed by atoms with E-state index in [0.29, 0.717) is 6.04 Å². The van der Waals surface area contributed by atoms with Crippen LogP contribution in [0.4, 0.5) is 0 Å². The zero-order valence-electron chi connectivity index (χ0n) is 9.46. The van der Waals surface area contributed by atoms with Gasteiger partial charge in [0.2, 0.25) is 0 Å². The van der Waals surface area contributed by atoms with Crippen molar-refractivity contribution in [1.82, 2.24) is 10.3 Å². The second-order valence-electron chi connectivity index (χ2n) is 3.73. The van der Waals surface area contributed by atoms with Crippen molar-refractivity contribution in [3.63, 3.8) is 0 Å². The van der Waals surface area contributed by atoms with Gasteiger partial charge in [-0.3, -0.25) is 4.98 Å². The van der Waals surface area contributed by atoms with Gasteiger partial charge in [0.25, 0.3) is 0 Å². The van der Waals surface area contributed by atoms with Gasteiger partial charge in [-0.2, -0.15) is 0 Å². The van der Waals surface area contributed by atoms with E-state index in [1.165, 1.54) is 11.1 Å². The van der Waals surface area contributed by atoms with E-state index in [2.05, 4.69) is 29.2 Å². The molecule has 0 bridgehead atoms. The SMILES string of the molecule is C#CCCCC(NC)c1cncc(C)c1. The standard InChI is InChI=1S/C13H18N2/c1-4-5-6-7-13(14-3)12-8-11(2)9-15-10-12/h1,8-10,13-14H,5-7H2,2-3H3. The summed E-state index contributed by atoms with van der Waals surface area (Å²) in [6, 6.07) is 2.54. The number of pyridine rings is 1. The normalized spacial score (nSPS) is 12.1. The smallest absolute Gasteiger partial charge is 0.0333 e. The fourth-order valence-corrected chi connectivity index (χ4v) is 1.65. The Morgan fingerprint density at radius 2 is 2.33 bits per heavy atom. The molecule has 15 heavy (non-hydrogen) atoms. The number of nitrogens with zero attached hydrogens (tertiary/aromatic N) is 1. The Balaban J connectivity index is 2.62. The van der Waals surface area contributed by atoms with Gasteiger partial charge in [-0.1, -0.05) is 6.07 Å². The highest BCUT2D eigenvalue weighted by Gasteiger charge is 2.08. The second kappa shape index (κ2) is 6.21. The lowest BCUT2D eigenvalue weighted by atomic mass is 10.0. The third-order valence-corrected chi connectivity index (χ3v) is 2.46. The Bertz CT molecular complexity index is 339. The Labute approximate surface area is 92.1 Å². The molecule has 0 aliphatic rings. The zero-order chi connectivity index (χ0) is 11.1. The van der Waals surface area contributed by atoms with Crippen LogP contribution in [-0.4, -0.2) is 12.0 Å². The summed E-state index contributed by atoms with van der Waals surface area (Å²) in [4.78, 5) is 4.20. The molecule has 0 saturated heterocycles. The third-order valence-electron chi connectivity index (χ3n) is 2.46. The van der Waals surface area contributed by atoms with Crippen LogP contribution >= 0.6 is 0 Å². The highest BCUT2D eigenvalue weighted by atomic mass is 14.9. The maximum absolute atomic E-state index is 5.24. The van der Waals surface area contributed by atoms with Crippen LogP contribution in [0.3, 0.4) is 0 Å². The molecule has 1 rings (SSSR count). The van der Waals surface area contributed by atoms with Gasteiger partial charge in [0.05, 0.1) is 0 Å². The maximum atomic E-state index is 5.24. The zero-order valence-corrected chi connectivity index (χ0v) is 9.46. The van der Waals surface area contributed by atoms with Gasteiger partial charge in [-0.05, 0) is 37.9 Å². The lowest BCUT2D eigenvalue weighted by molar-refractivity contribution is 0.530. The fourth-order valence-electron chi connectivity index (χ4n) is 1.65. The maximum Gasteiger partial charge on any atom is 0.0333 e. The van der Waals surface area contributed by atoms with Crippen molar-refractivity contribution in [2.45, 2.75) is 32.2 Å². The minimum absolute atomic E-state index is 0.366. The molecular weight excluding hydrogens is 184 g/mol. The summed E-state index contributed by atoms with van der Waals surface area (Å²) in [5.41, 5.74) is 2.44. The third kappa shape index (κ3) is 3.73. The molecule has 1 N–H and O–H groups in total. The lowest BCUT2D eigenvalue weighted by Gasteiger charge is -2.15. The van der Waals surface area contributed by atoms with Crippen molar-refractivity contribution in [1.29, 1.82) is 0 Å². The highest BCUT2D eigenvalue weighted by Crippen LogP contribution is 2.18. The van der Waals surface area contributed by atoms with E-state index in [0.717, 1.165) is 19.3 Å². The van der Waals surface area contributed by atoms with Crippen LogP contribution in [0.15, 0.2) is 18.5 Å². The Morgan fingerprint density at radius 3 is 2.93 bits per heavy atom. The average molecular weight is 202 g/mol. The van der Waals surface area contributed by atoms with Crippen LogP contribution in [0.1, 0.15) is 36.4 Å². The quantitative estimate of drug-likeness (QED) is 0.586. The molecule has 1 atom stereocenters. The summed E-state index contributed by atoms with van der Waals surface area (Å²) >= 11 is 0. The van der Waals surface area contributed by atoms with Gasteiger partial charge in [0, 0.05) is 24.9 Å². The molecule has 0 aliphatic carbocycles. The van der Waals surface area contributed by atoms with Crippen LogP contribution in [0.25, 0.3) is 0 Å². The molecule has 0 aliphatic heterocycles. The molecule has 0 amide bonds. The first-order valence-electron chi connectivity index (χ1n) is 5.30. The first-order valence-corrected chi connectivity index (χ1v) is 5.30. The minimum atomic E-state index is 0.366. The summed E-state index contributed by atoms with van der Waals surface area (Å²) in [5.74, 6) is 2.67. The van der Waals surface area contributed by atoms with Crippen molar-refractivity contribution in [2.24, 2.45) is 0 Å². The summed E-state index contributed by atoms with van der Waals surface area (Å²) in [7, 11) is 1.98. The van der Waals surface area contributed by atoms with Crippen LogP contribution < -0.4 is 5.32 Å². The average Bonchev–Trinajstić information content (AvgIpc) is 2.24. The van der Waals surface area contributed by atoms with Crippen molar-refractivity contribution in [3.05, 3.63) is 29.6 Å². The number of unbranched alkanes of at least 4 members (excludes halogenated alkanes) is 1. The van der Waals surface area contributed by atoms with E-state index in [1.807, 2.05) is 19.4 Å². The molecule has 0 spiro atoms. The molecule has 1 heterocycles. The monoisotopic (exact) mass is 202 g/mol. The fraction of sp³-hybridized carbons (Fsp3) is 0.462. The van der Waals surface area contributed by atoms with E-state index in [4.69, 9.17) is 6.42 Å². The van der Waals surface area contributed by atoms with E-state index >= 15 is 0 Å². The van der Waals surface area contributed by atoms with Crippen LogP contribution in [-0.2, 0) is 0 Å². The minimum Gasteiger partial charge on any atom is -0.313 e. The summed E-state index contributed by atoms with van der Waals surface area (Å²) < 4.78 is 0. The lowest BCUT2D eigenvalue weighted by Crippen LogP contribution is -2.16. The second-order valence-corrected chi connectivity index (χ2v) is 3.73. The molecule has 80 valence electrons. The number of rotatable bonds is 5. The molecule has 0 saturated carbocycles. The molecule has 1 aromatic heterocycles. The molecule has 2 heteroatoms. The molecular formula is C13H18N2. The summed E-state index contributed by atoms with van der Waals surface area (Å²) in [6.07, 6.45) is 12.0. The number of terminal acetylenes is 1. The van der Waals surface area contributed by atoms with Crippen LogP contribution in [0.2, 0.25) is 0 Å². The van der Waals surface area contributed by atoms with Gasteiger partial charge >= 0.3 is 0 Å². The van der Waals surface area contributed by atoms with Gasteiger partial charge in [0.15, 0.2) is 0 Å². The Kier molecular flexibility index (Phi) is 4.86. The van der Waals surface area contributed by atoms with Crippen molar-refractivity contribution >= 4 is 0 Å². The van der Waals surface area contributed by atoms with Crippen molar-refractivity contribution < 1.29 is 0 Å². The number of hydrogen-bond donors (Lipinski definition) is 1. The number of nitrogens with one attached hydrogen (secondary N) is 1. The first-order chi connectivity index (χ1) is 7.27. The molecule has 1 aromatic rings. The molecule has 1 unspecified atom stereocenters. The summed E-state index contributed by atoms with van der Waals surface area (Å²) in [5, 5.41) is 3.30.